The van der Waals surface area contributed by atoms with Gasteiger partial charge in [0.25, 0.3) is 0 Å². The summed E-state index contributed by atoms with van der Waals surface area (Å²) in [6.07, 6.45) is 1.84. The van der Waals surface area contributed by atoms with E-state index in [1.165, 1.54) is 23.3 Å². The van der Waals surface area contributed by atoms with Crippen LogP contribution in [0.4, 0.5) is 14.5 Å². The Kier molecular flexibility index (Phi) is 4.60. The number of benzene rings is 2. The zero-order valence-electron chi connectivity index (χ0n) is 12.1. The monoisotopic (exact) mass is 322 g/mol. The van der Waals surface area contributed by atoms with Gasteiger partial charge in [0, 0.05) is 12.6 Å². The van der Waals surface area contributed by atoms with Crippen LogP contribution in [0.15, 0.2) is 30.3 Å². The minimum Gasteiger partial charge on any atom is -0.380 e. The Morgan fingerprint density at radius 1 is 1.05 bits per heavy atom. The normalized spacial score (nSPS) is 14.3. The fraction of sp³-hybridized carbons (Fsp3) is 0.294. The molecule has 0 atom stereocenters. The molecule has 5 heteroatoms. The maximum Gasteiger partial charge on any atom is 0.126 e. The van der Waals surface area contributed by atoms with E-state index >= 15 is 0 Å². The Morgan fingerprint density at radius 3 is 2.55 bits per heavy atom. The maximum absolute atomic E-state index is 13.3. The first kappa shape index (κ1) is 15.3. The van der Waals surface area contributed by atoms with Crippen molar-refractivity contribution in [1.29, 1.82) is 0 Å². The summed E-state index contributed by atoms with van der Waals surface area (Å²) >= 11 is 6.31. The van der Waals surface area contributed by atoms with Crippen LogP contribution >= 0.6 is 11.6 Å². The van der Waals surface area contributed by atoms with Crippen LogP contribution < -0.4 is 10.6 Å². The van der Waals surface area contributed by atoms with Gasteiger partial charge in [-0.05, 0) is 60.8 Å². The van der Waals surface area contributed by atoms with Crippen LogP contribution in [0, 0.1) is 11.6 Å². The summed E-state index contributed by atoms with van der Waals surface area (Å²) in [5, 5.41) is 7.24. The second kappa shape index (κ2) is 6.63. The molecule has 0 saturated carbocycles. The summed E-state index contributed by atoms with van der Waals surface area (Å²) in [5.74, 6) is -1.14. The topological polar surface area (TPSA) is 24.1 Å². The van der Waals surface area contributed by atoms with E-state index in [1.807, 2.05) is 6.07 Å². The molecule has 0 saturated heterocycles. The van der Waals surface area contributed by atoms with Crippen molar-refractivity contribution in [3.8, 4) is 0 Å². The van der Waals surface area contributed by atoms with Gasteiger partial charge < -0.3 is 10.6 Å². The second-order valence-corrected chi connectivity index (χ2v) is 5.85. The largest absolute Gasteiger partial charge is 0.380 e. The summed E-state index contributed by atoms with van der Waals surface area (Å²) in [6, 6.07) is 7.45. The van der Waals surface area contributed by atoms with Crippen LogP contribution in [0.3, 0.4) is 0 Å². The first-order valence-corrected chi connectivity index (χ1v) is 7.71. The Morgan fingerprint density at radius 2 is 1.77 bits per heavy atom. The molecule has 2 aromatic rings. The third-order valence-electron chi connectivity index (χ3n) is 3.87. The third-order valence-corrected chi connectivity index (χ3v) is 4.19. The van der Waals surface area contributed by atoms with Crippen molar-refractivity contribution in [3.63, 3.8) is 0 Å². The van der Waals surface area contributed by atoms with Crippen molar-refractivity contribution < 1.29 is 8.78 Å². The number of fused-ring (bicyclic) bond motifs is 1. The molecule has 2 N–H and O–H groups in total. The number of anilines is 1. The van der Waals surface area contributed by atoms with E-state index < -0.39 is 11.6 Å². The minimum atomic E-state index is -0.570. The van der Waals surface area contributed by atoms with Crippen LogP contribution in [0.2, 0.25) is 5.02 Å². The maximum atomic E-state index is 13.3. The third kappa shape index (κ3) is 3.39. The summed E-state index contributed by atoms with van der Waals surface area (Å²) < 4.78 is 26.5. The lowest BCUT2D eigenvalue weighted by Gasteiger charge is -2.16. The number of halogens is 3. The highest BCUT2D eigenvalue weighted by atomic mass is 35.5. The van der Waals surface area contributed by atoms with Crippen molar-refractivity contribution >= 4 is 17.3 Å². The molecule has 0 spiro atoms. The van der Waals surface area contributed by atoms with E-state index in [2.05, 4.69) is 16.7 Å². The first-order chi connectivity index (χ1) is 10.6. The van der Waals surface area contributed by atoms with Crippen molar-refractivity contribution in [2.45, 2.75) is 19.4 Å². The molecule has 116 valence electrons. The Bertz CT molecular complexity index is 668. The highest BCUT2D eigenvalue weighted by molar-refractivity contribution is 6.33. The van der Waals surface area contributed by atoms with Gasteiger partial charge >= 0.3 is 0 Å². The van der Waals surface area contributed by atoms with Crippen molar-refractivity contribution in [2.24, 2.45) is 0 Å². The lowest BCUT2D eigenvalue weighted by molar-refractivity contribution is 0.580. The molecule has 3 rings (SSSR count). The van der Waals surface area contributed by atoms with Crippen molar-refractivity contribution in [3.05, 3.63) is 63.7 Å². The van der Waals surface area contributed by atoms with Gasteiger partial charge in [0.05, 0.1) is 10.7 Å². The molecule has 1 aliphatic heterocycles. The predicted octanol–water partition coefficient (Wildman–Crippen LogP) is 3.92. The second-order valence-electron chi connectivity index (χ2n) is 5.44. The molecule has 1 aliphatic rings. The molecule has 1 heterocycles. The standard InChI is InChI=1S/C17H17ClF2N2/c18-16-2-1-12-3-5-21-6-4-15(12)17(16)22-10-11-7-13(19)9-14(20)8-11/h1-2,7-9,21-22H,3-6,10H2. The summed E-state index contributed by atoms with van der Waals surface area (Å²) in [5.41, 5.74) is 3.88. The number of nitrogens with one attached hydrogen (secondary N) is 2. The van der Waals surface area contributed by atoms with E-state index in [0.29, 0.717) is 17.1 Å². The molecule has 0 amide bonds. The van der Waals surface area contributed by atoms with E-state index in [-0.39, 0.29) is 0 Å². The lowest BCUT2D eigenvalue weighted by Crippen LogP contribution is -2.16. The van der Waals surface area contributed by atoms with Gasteiger partial charge in [0.1, 0.15) is 11.6 Å². The predicted molar refractivity (Wildman–Crippen MR) is 85.4 cm³/mol. The zero-order valence-corrected chi connectivity index (χ0v) is 12.8. The molecular formula is C17H17ClF2N2. The fourth-order valence-electron chi connectivity index (χ4n) is 2.84. The molecular weight excluding hydrogens is 306 g/mol. The average Bonchev–Trinajstić information content (AvgIpc) is 2.70. The van der Waals surface area contributed by atoms with Crippen molar-refractivity contribution in [1.82, 2.24) is 5.32 Å². The quantitative estimate of drug-likeness (QED) is 0.895. The molecule has 0 aromatic heterocycles. The van der Waals surface area contributed by atoms with Gasteiger partial charge in [0.2, 0.25) is 0 Å². The smallest absolute Gasteiger partial charge is 0.126 e. The molecule has 0 bridgehead atoms. The molecule has 2 nitrogen and oxygen atoms in total. The van der Waals surface area contributed by atoms with E-state index in [0.717, 1.165) is 37.7 Å². The molecule has 2 aromatic carbocycles. The zero-order chi connectivity index (χ0) is 15.5. The van der Waals surface area contributed by atoms with Crippen LogP contribution in [-0.2, 0) is 19.4 Å². The molecule has 0 fully saturated rings. The number of hydrogen-bond donors (Lipinski definition) is 2. The highest BCUT2D eigenvalue weighted by Crippen LogP contribution is 2.31. The number of rotatable bonds is 3. The van der Waals surface area contributed by atoms with Gasteiger partial charge in [-0.1, -0.05) is 17.7 Å². The minimum absolute atomic E-state index is 0.332. The van der Waals surface area contributed by atoms with Crippen molar-refractivity contribution in [2.75, 3.05) is 18.4 Å². The van der Waals surface area contributed by atoms with Gasteiger partial charge in [-0.15, -0.1) is 0 Å². The van der Waals surface area contributed by atoms with Crippen LogP contribution in [0.1, 0.15) is 16.7 Å². The van der Waals surface area contributed by atoms with Crippen LogP contribution in [0.25, 0.3) is 0 Å². The van der Waals surface area contributed by atoms with Crippen LogP contribution in [-0.4, -0.2) is 13.1 Å². The summed E-state index contributed by atoms with van der Waals surface area (Å²) in [7, 11) is 0. The van der Waals surface area contributed by atoms with Gasteiger partial charge in [0.15, 0.2) is 0 Å². The number of hydrogen-bond acceptors (Lipinski definition) is 2. The van der Waals surface area contributed by atoms with Crippen LogP contribution in [0.5, 0.6) is 0 Å². The SMILES string of the molecule is Fc1cc(F)cc(CNc2c(Cl)ccc3c2CCNCC3)c1. The van der Waals surface area contributed by atoms with E-state index in [4.69, 9.17) is 11.6 Å². The first-order valence-electron chi connectivity index (χ1n) is 7.33. The van der Waals surface area contributed by atoms with E-state index in [1.54, 1.807) is 0 Å². The van der Waals surface area contributed by atoms with Gasteiger partial charge in [-0.3, -0.25) is 0 Å². The van der Waals surface area contributed by atoms with Gasteiger partial charge in [-0.25, -0.2) is 8.78 Å². The molecule has 22 heavy (non-hydrogen) atoms. The molecule has 0 aliphatic carbocycles. The Labute approximate surface area is 133 Å². The lowest BCUT2D eigenvalue weighted by atomic mass is 10.0. The molecule has 0 unspecified atom stereocenters. The summed E-state index contributed by atoms with van der Waals surface area (Å²) in [6.45, 7) is 2.18. The highest BCUT2D eigenvalue weighted by Gasteiger charge is 2.14. The van der Waals surface area contributed by atoms with E-state index in [9.17, 15) is 8.78 Å². The summed E-state index contributed by atoms with van der Waals surface area (Å²) in [4.78, 5) is 0. The Hall–Kier alpha value is -1.65. The molecule has 0 radical (unpaired) electrons. The van der Waals surface area contributed by atoms with Gasteiger partial charge in [-0.2, -0.15) is 0 Å². The average molecular weight is 323 g/mol. The fourth-order valence-corrected chi connectivity index (χ4v) is 3.08. The Balaban J connectivity index is 1.85.